The highest BCUT2D eigenvalue weighted by molar-refractivity contribution is 9.10. The van der Waals surface area contributed by atoms with Crippen LogP contribution in [0.5, 0.6) is 5.75 Å². The highest BCUT2D eigenvalue weighted by atomic mass is 79.9. The van der Waals surface area contributed by atoms with Gasteiger partial charge >= 0.3 is 6.61 Å². The van der Waals surface area contributed by atoms with Gasteiger partial charge in [0.2, 0.25) is 0 Å². The van der Waals surface area contributed by atoms with Gasteiger partial charge in [-0.3, -0.25) is 4.90 Å². The Labute approximate surface area is 139 Å². The van der Waals surface area contributed by atoms with Gasteiger partial charge in [-0.15, -0.1) is 0 Å². The number of alkyl halides is 2. The van der Waals surface area contributed by atoms with E-state index in [0.717, 1.165) is 35.6 Å². The van der Waals surface area contributed by atoms with Crippen LogP contribution in [0, 0.1) is 5.92 Å². The van der Waals surface area contributed by atoms with Gasteiger partial charge in [-0.25, -0.2) is 0 Å². The number of nitrogens with one attached hydrogen (secondary N) is 1. The van der Waals surface area contributed by atoms with Gasteiger partial charge in [0.05, 0.1) is 0 Å². The van der Waals surface area contributed by atoms with Crippen molar-refractivity contribution < 1.29 is 13.5 Å². The van der Waals surface area contributed by atoms with Crippen molar-refractivity contribution in [2.75, 3.05) is 26.7 Å². The Bertz CT molecular complexity index is 465. The first-order valence-corrected chi connectivity index (χ1v) is 8.48. The van der Waals surface area contributed by atoms with Crippen LogP contribution < -0.4 is 10.1 Å². The number of nitrogens with zero attached hydrogens (tertiary/aromatic N) is 1. The molecule has 1 fully saturated rings. The van der Waals surface area contributed by atoms with E-state index in [1.807, 2.05) is 13.1 Å². The van der Waals surface area contributed by atoms with Gasteiger partial charge in [0.25, 0.3) is 0 Å². The summed E-state index contributed by atoms with van der Waals surface area (Å²) in [4.78, 5) is 2.32. The van der Waals surface area contributed by atoms with E-state index < -0.39 is 6.61 Å². The van der Waals surface area contributed by atoms with Gasteiger partial charge in [0.15, 0.2) is 0 Å². The summed E-state index contributed by atoms with van der Waals surface area (Å²) in [7, 11) is 1.98. The fourth-order valence-corrected chi connectivity index (χ4v) is 3.31. The Balaban J connectivity index is 1.92. The maximum Gasteiger partial charge on any atom is 0.387 e. The van der Waals surface area contributed by atoms with Gasteiger partial charge in [-0.1, -0.05) is 15.9 Å². The first kappa shape index (κ1) is 17.6. The lowest BCUT2D eigenvalue weighted by Crippen LogP contribution is -2.34. The van der Waals surface area contributed by atoms with Crippen LogP contribution in [0.25, 0.3) is 0 Å². The maximum absolute atomic E-state index is 12.5. The number of likely N-dealkylation sites (tertiary alicyclic amines) is 1. The molecule has 1 N–H and O–H groups in total. The minimum absolute atomic E-state index is 0.274. The number of piperidine rings is 1. The number of halogens is 3. The Kier molecular flexibility index (Phi) is 7.05. The van der Waals surface area contributed by atoms with E-state index in [0.29, 0.717) is 6.54 Å². The topological polar surface area (TPSA) is 24.5 Å². The first-order chi connectivity index (χ1) is 10.6. The van der Waals surface area contributed by atoms with E-state index in [2.05, 4.69) is 30.9 Å². The zero-order valence-electron chi connectivity index (χ0n) is 12.8. The standard InChI is InChI=1S/C16H23BrF2N2O/c1-20-7-4-12-5-8-21(9-6-12)11-13-10-14(17)2-3-15(13)22-16(18)19/h2-3,10,12,16,20H,4-9,11H2,1H3. The third-order valence-corrected chi connectivity index (χ3v) is 4.64. The van der Waals surface area contributed by atoms with Crippen LogP contribution in [0.15, 0.2) is 22.7 Å². The van der Waals surface area contributed by atoms with Crippen LogP contribution in [0.2, 0.25) is 0 Å². The molecule has 1 saturated heterocycles. The van der Waals surface area contributed by atoms with Crippen molar-refractivity contribution in [3.05, 3.63) is 28.2 Å². The fourth-order valence-electron chi connectivity index (χ4n) is 2.91. The van der Waals surface area contributed by atoms with Crippen molar-refractivity contribution >= 4 is 15.9 Å². The average Bonchev–Trinajstić information content (AvgIpc) is 2.49. The molecule has 0 atom stereocenters. The fraction of sp³-hybridized carbons (Fsp3) is 0.625. The third kappa shape index (κ3) is 5.48. The van der Waals surface area contributed by atoms with Crippen LogP contribution >= 0.6 is 15.9 Å². The molecule has 0 amide bonds. The molecule has 2 rings (SSSR count). The molecule has 1 aromatic carbocycles. The SMILES string of the molecule is CNCCC1CCN(Cc2cc(Br)ccc2OC(F)F)CC1. The lowest BCUT2D eigenvalue weighted by Gasteiger charge is -2.32. The monoisotopic (exact) mass is 376 g/mol. The Morgan fingerprint density at radius 2 is 2.09 bits per heavy atom. The minimum Gasteiger partial charge on any atom is -0.434 e. The molecular formula is C16H23BrF2N2O. The predicted molar refractivity (Wildman–Crippen MR) is 87.3 cm³/mol. The zero-order valence-corrected chi connectivity index (χ0v) is 14.4. The molecule has 1 aliphatic rings. The van der Waals surface area contributed by atoms with Crippen molar-refractivity contribution in [3.63, 3.8) is 0 Å². The predicted octanol–water partition coefficient (Wildman–Crippen LogP) is 3.87. The zero-order chi connectivity index (χ0) is 15.9. The molecule has 3 nitrogen and oxygen atoms in total. The number of hydrogen-bond acceptors (Lipinski definition) is 3. The van der Waals surface area contributed by atoms with Crippen molar-refractivity contribution in [1.29, 1.82) is 0 Å². The molecule has 6 heteroatoms. The molecule has 0 radical (unpaired) electrons. The number of ether oxygens (including phenoxy) is 1. The molecule has 1 heterocycles. The molecule has 22 heavy (non-hydrogen) atoms. The first-order valence-electron chi connectivity index (χ1n) is 7.68. The maximum atomic E-state index is 12.5. The van der Waals surface area contributed by atoms with Crippen LogP contribution in [-0.2, 0) is 6.54 Å². The molecule has 1 aliphatic heterocycles. The summed E-state index contributed by atoms with van der Waals surface area (Å²) >= 11 is 3.40. The highest BCUT2D eigenvalue weighted by Crippen LogP contribution is 2.28. The average molecular weight is 377 g/mol. The summed E-state index contributed by atoms with van der Waals surface area (Å²) in [6.45, 7) is 0.944. The molecule has 0 bridgehead atoms. The van der Waals surface area contributed by atoms with Crippen molar-refractivity contribution in [1.82, 2.24) is 10.2 Å². The van der Waals surface area contributed by atoms with E-state index in [1.165, 1.54) is 19.3 Å². The van der Waals surface area contributed by atoms with Gasteiger partial charge in [-0.05, 0) is 70.1 Å². The van der Waals surface area contributed by atoms with E-state index >= 15 is 0 Å². The molecule has 0 spiro atoms. The van der Waals surface area contributed by atoms with E-state index in [4.69, 9.17) is 0 Å². The van der Waals surface area contributed by atoms with Crippen LogP contribution in [0.1, 0.15) is 24.8 Å². The van der Waals surface area contributed by atoms with Crippen molar-refractivity contribution in [2.45, 2.75) is 32.4 Å². The Hall–Kier alpha value is -0.720. The highest BCUT2D eigenvalue weighted by Gasteiger charge is 2.20. The normalized spacial score (nSPS) is 17.1. The van der Waals surface area contributed by atoms with Gasteiger partial charge < -0.3 is 10.1 Å². The molecule has 0 saturated carbocycles. The molecule has 0 unspecified atom stereocenters. The second-order valence-corrected chi connectivity index (χ2v) is 6.66. The Morgan fingerprint density at radius 3 is 2.73 bits per heavy atom. The van der Waals surface area contributed by atoms with E-state index in [-0.39, 0.29) is 5.75 Å². The summed E-state index contributed by atoms with van der Waals surface area (Å²) in [6.07, 6.45) is 3.54. The lowest BCUT2D eigenvalue weighted by atomic mass is 9.93. The van der Waals surface area contributed by atoms with Crippen LogP contribution in [0.3, 0.4) is 0 Å². The molecule has 124 valence electrons. The Morgan fingerprint density at radius 1 is 1.36 bits per heavy atom. The number of hydrogen-bond donors (Lipinski definition) is 1. The smallest absolute Gasteiger partial charge is 0.387 e. The summed E-state index contributed by atoms with van der Waals surface area (Å²) in [5.41, 5.74) is 0.809. The summed E-state index contributed by atoms with van der Waals surface area (Å²) in [5, 5.41) is 3.19. The summed E-state index contributed by atoms with van der Waals surface area (Å²) in [5.74, 6) is 1.04. The number of benzene rings is 1. The second kappa shape index (κ2) is 8.79. The largest absolute Gasteiger partial charge is 0.434 e. The minimum atomic E-state index is -2.78. The molecule has 0 aliphatic carbocycles. The van der Waals surface area contributed by atoms with E-state index in [1.54, 1.807) is 12.1 Å². The van der Waals surface area contributed by atoms with Crippen LogP contribution in [0.4, 0.5) is 8.78 Å². The van der Waals surface area contributed by atoms with Gasteiger partial charge in [0.1, 0.15) is 5.75 Å². The van der Waals surface area contributed by atoms with Crippen molar-refractivity contribution in [2.24, 2.45) is 5.92 Å². The van der Waals surface area contributed by atoms with Gasteiger partial charge in [-0.2, -0.15) is 8.78 Å². The molecule has 1 aromatic rings. The third-order valence-electron chi connectivity index (χ3n) is 4.14. The second-order valence-electron chi connectivity index (χ2n) is 5.74. The van der Waals surface area contributed by atoms with E-state index in [9.17, 15) is 8.78 Å². The van der Waals surface area contributed by atoms with Gasteiger partial charge in [0, 0.05) is 16.6 Å². The van der Waals surface area contributed by atoms with Crippen LogP contribution in [-0.4, -0.2) is 38.2 Å². The summed E-state index contributed by atoms with van der Waals surface area (Å²) < 4.78 is 30.5. The van der Waals surface area contributed by atoms with Crippen molar-refractivity contribution in [3.8, 4) is 5.75 Å². The number of rotatable bonds is 7. The summed E-state index contributed by atoms with van der Waals surface area (Å²) in [6, 6.07) is 5.20. The molecular weight excluding hydrogens is 354 g/mol. The lowest BCUT2D eigenvalue weighted by molar-refractivity contribution is -0.0508. The molecule has 0 aromatic heterocycles. The quantitative estimate of drug-likeness (QED) is 0.781.